The molecule has 1 aromatic carbocycles. The number of benzene rings is 1. The van der Waals surface area contributed by atoms with Crippen LogP contribution in [0.15, 0.2) is 30.9 Å². The normalized spacial score (nSPS) is 12.2. The molecule has 0 aliphatic carbocycles. The summed E-state index contributed by atoms with van der Waals surface area (Å²) in [6, 6.07) is 6.46. The van der Waals surface area contributed by atoms with Gasteiger partial charge in [-0.2, -0.15) is 0 Å². The lowest BCUT2D eigenvalue weighted by molar-refractivity contribution is -0.686. The molecule has 0 heterocycles. The quantitative estimate of drug-likeness (QED) is 0.546. The first kappa shape index (κ1) is 16.1. The fourth-order valence-corrected chi connectivity index (χ4v) is 2.03. The van der Waals surface area contributed by atoms with E-state index in [1.807, 2.05) is 24.3 Å². The lowest BCUT2D eigenvalue weighted by atomic mass is 10.1. The van der Waals surface area contributed by atoms with Crippen LogP contribution in [0.25, 0.3) is 0 Å². The van der Waals surface area contributed by atoms with Crippen molar-refractivity contribution in [3.63, 3.8) is 0 Å². The number of quaternary nitrogens is 1. The van der Waals surface area contributed by atoms with E-state index in [9.17, 15) is 0 Å². The van der Waals surface area contributed by atoms with Crippen LogP contribution in [0.1, 0.15) is 32.3 Å². The Morgan fingerprint density at radius 2 is 2.26 bits per heavy atom. The third kappa shape index (κ3) is 6.13. The Bertz CT molecular complexity index is 392. The molecule has 0 bridgehead atoms. The summed E-state index contributed by atoms with van der Waals surface area (Å²) in [5.41, 5.74) is 1.11. The summed E-state index contributed by atoms with van der Waals surface area (Å²) >= 11 is 5.99. The maximum absolute atomic E-state index is 5.99. The summed E-state index contributed by atoms with van der Waals surface area (Å²) in [6.45, 7) is 10.1. The molecule has 1 atom stereocenters. The van der Waals surface area contributed by atoms with Gasteiger partial charge in [-0.1, -0.05) is 24.6 Å². The van der Waals surface area contributed by atoms with Gasteiger partial charge >= 0.3 is 0 Å². The van der Waals surface area contributed by atoms with Crippen molar-refractivity contribution < 1.29 is 10.1 Å². The van der Waals surface area contributed by atoms with Crippen LogP contribution in [0.3, 0.4) is 0 Å². The minimum atomic E-state index is 0.701. The van der Waals surface area contributed by atoms with Gasteiger partial charge in [0.15, 0.2) is 0 Å². The third-order valence-electron chi connectivity index (χ3n) is 3.21. The highest BCUT2D eigenvalue weighted by Crippen LogP contribution is 2.23. The second-order valence-electron chi connectivity index (χ2n) is 4.86. The molecule has 0 aliphatic heterocycles. The van der Waals surface area contributed by atoms with Gasteiger partial charge in [0, 0.05) is 11.4 Å². The van der Waals surface area contributed by atoms with Crippen LogP contribution in [0.4, 0.5) is 0 Å². The van der Waals surface area contributed by atoms with Crippen molar-refractivity contribution in [2.75, 3.05) is 13.2 Å². The van der Waals surface area contributed by atoms with Gasteiger partial charge in [-0.05, 0) is 43.5 Å². The number of ether oxygens (including phenoxy) is 1. The molecule has 0 radical (unpaired) electrons. The lowest BCUT2D eigenvalue weighted by Crippen LogP contribution is -2.89. The van der Waals surface area contributed by atoms with Gasteiger partial charge in [-0.25, -0.2) is 0 Å². The number of nitrogens with two attached hydrogens (primary N) is 1. The number of halogens is 1. The molecule has 106 valence electrons. The Hall–Kier alpha value is -0.990. The Balaban J connectivity index is 2.38. The van der Waals surface area contributed by atoms with Crippen molar-refractivity contribution in [1.29, 1.82) is 0 Å². The Morgan fingerprint density at radius 3 is 2.95 bits per heavy atom. The molecule has 2 N–H and O–H groups in total. The zero-order chi connectivity index (χ0) is 14.1. The second-order valence-corrected chi connectivity index (χ2v) is 5.29. The number of hydrogen-bond donors (Lipinski definition) is 1. The molecule has 1 aromatic rings. The Morgan fingerprint density at radius 1 is 1.47 bits per heavy atom. The second kappa shape index (κ2) is 9.00. The van der Waals surface area contributed by atoms with Crippen LogP contribution in [-0.2, 0) is 6.42 Å². The molecule has 0 aliphatic rings. The molecule has 0 aromatic heterocycles. The van der Waals surface area contributed by atoms with Crippen molar-refractivity contribution in [3.8, 4) is 5.75 Å². The van der Waals surface area contributed by atoms with Crippen LogP contribution in [0.5, 0.6) is 5.75 Å². The highest BCUT2D eigenvalue weighted by Gasteiger charge is 2.04. The van der Waals surface area contributed by atoms with Gasteiger partial charge in [0.25, 0.3) is 0 Å². The van der Waals surface area contributed by atoms with Gasteiger partial charge in [-0.3, -0.25) is 0 Å². The fraction of sp³-hybridized carbons (Fsp3) is 0.500. The lowest BCUT2D eigenvalue weighted by Gasteiger charge is -2.11. The molecule has 0 saturated carbocycles. The summed E-state index contributed by atoms with van der Waals surface area (Å²) in [6.07, 6.45) is 4.92. The molecule has 3 heteroatoms. The van der Waals surface area contributed by atoms with Gasteiger partial charge < -0.3 is 10.1 Å². The zero-order valence-corrected chi connectivity index (χ0v) is 12.7. The maximum atomic E-state index is 5.99. The molecule has 19 heavy (non-hydrogen) atoms. The van der Waals surface area contributed by atoms with E-state index in [1.165, 1.54) is 6.42 Å². The van der Waals surface area contributed by atoms with Crippen molar-refractivity contribution >= 4 is 11.6 Å². The van der Waals surface area contributed by atoms with Crippen LogP contribution >= 0.6 is 11.6 Å². The Kier molecular flexibility index (Phi) is 7.61. The molecule has 0 amide bonds. The standard InChI is InChI=1S/C16H24ClNO/c1-4-7-14-12-15(17)8-9-16(14)19-11-6-10-18-13(3)5-2/h4,8-9,12-13,18H,1,5-7,10-11H2,2-3H3/p+1/t13-/m0/s1. The van der Waals surface area contributed by atoms with Crippen LogP contribution in [0.2, 0.25) is 5.02 Å². The first-order valence-electron chi connectivity index (χ1n) is 7.02. The van der Waals surface area contributed by atoms with Gasteiger partial charge in [-0.15, -0.1) is 6.58 Å². The van der Waals surface area contributed by atoms with Crippen LogP contribution in [-0.4, -0.2) is 19.2 Å². The summed E-state index contributed by atoms with van der Waals surface area (Å²) < 4.78 is 5.83. The summed E-state index contributed by atoms with van der Waals surface area (Å²) in [4.78, 5) is 0. The number of allylic oxidation sites excluding steroid dienone is 1. The van der Waals surface area contributed by atoms with E-state index >= 15 is 0 Å². The average Bonchev–Trinajstić information content (AvgIpc) is 2.40. The van der Waals surface area contributed by atoms with Crippen LogP contribution in [0, 0.1) is 0 Å². The predicted octanol–water partition coefficient (Wildman–Crippen LogP) is 3.20. The minimum Gasteiger partial charge on any atom is -0.493 e. The van der Waals surface area contributed by atoms with Crippen molar-refractivity contribution in [2.45, 2.75) is 39.2 Å². The first-order valence-corrected chi connectivity index (χ1v) is 7.40. The van der Waals surface area contributed by atoms with Gasteiger partial charge in [0.05, 0.1) is 19.2 Å². The summed E-state index contributed by atoms with van der Waals surface area (Å²) in [5.74, 6) is 0.924. The molecule has 0 spiro atoms. The first-order chi connectivity index (χ1) is 9.17. The van der Waals surface area contributed by atoms with E-state index in [2.05, 4.69) is 25.7 Å². The molecule has 0 fully saturated rings. The molecule has 0 unspecified atom stereocenters. The van der Waals surface area contributed by atoms with E-state index < -0.39 is 0 Å². The summed E-state index contributed by atoms with van der Waals surface area (Å²) in [5, 5.41) is 3.12. The highest BCUT2D eigenvalue weighted by molar-refractivity contribution is 6.30. The monoisotopic (exact) mass is 282 g/mol. The van der Waals surface area contributed by atoms with Gasteiger partial charge in [0.2, 0.25) is 0 Å². The van der Waals surface area contributed by atoms with E-state index in [0.717, 1.165) is 42.3 Å². The van der Waals surface area contributed by atoms with Gasteiger partial charge in [0.1, 0.15) is 5.75 Å². The topological polar surface area (TPSA) is 25.8 Å². The minimum absolute atomic E-state index is 0.701. The third-order valence-corrected chi connectivity index (χ3v) is 3.44. The van der Waals surface area contributed by atoms with E-state index in [4.69, 9.17) is 16.3 Å². The smallest absolute Gasteiger partial charge is 0.122 e. The largest absolute Gasteiger partial charge is 0.493 e. The molecular formula is C16H25ClNO+. The van der Waals surface area contributed by atoms with E-state index in [-0.39, 0.29) is 0 Å². The fourth-order valence-electron chi connectivity index (χ4n) is 1.84. The highest BCUT2D eigenvalue weighted by atomic mass is 35.5. The van der Waals surface area contributed by atoms with Crippen molar-refractivity contribution in [1.82, 2.24) is 0 Å². The number of rotatable bonds is 9. The SMILES string of the molecule is C=CCc1cc(Cl)ccc1OCCC[NH2+][C@@H](C)CC. The van der Waals surface area contributed by atoms with E-state index in [1.54, 1.807) is 0 Å². The van der Waals surface area contributed by atoms with Crippen molar-refractivity contribution in [2.24, 2.45) is 0 Å². The maximum Gasteiger partial charge on any atom is 0.122 e. The molecular weight excluding hydrogens is 258 g/mol. The zero-order valence-electron chi connectivity index (χ0n) is 12.0. The Labute approximate surface area is 121 Å². The van der Waals surface area contributed by atoms with Crippen LogP contribution < -0.4 is 10.1 Å². The van der Waals surface area contributed by atoms with Crippen molar-refractivity contribution in [3.05, 3.63) is 41.4 Å². The molecule has 1 rings (SSSR count). The molecule has 0 saturated heterocycles. The predicted molar refractivity (Wildman–Crippen MR) is 82.0 cm³/mol. The average molecular weight is 283 g/mol. The van der Waals surface area contributed by atoms with E-state index in [0.29, 0.717) is 6.04 Å². The molecule has 2 nitrogen and oxygen atoms in total. The number of hydrogen-bond acceptors (Lipinski definition) is 1. The summed E-state index contributed by atoms with van der Waals surface area (Å²) in [7, 11) is 0.